The molecule has 0 N–H and O–H groups in total. The number of benzene rings is 1. The molecule has 0 fully saturated rings. The van der Waals surface area contributed by atoms with Crippen molar-refractivity contribution >= 4 is 17.6 Å². The van der Waals surface area contributed by atoms with Gasteiger partial charge in [0.2, 0.25) is 0 Å². The predicted octanol–water partition coefficient (Wildman–Crippen LogP) is 2.74. The zero-order valence-electron chi connectivity index (χ0n) is 9.78. The van der Waals surface area contributed by atoms with Crippen LogP contribution in [-0.2, 0) is 7.05 Å². The summed E-state index contributed by atoms with van der Waals surface area (Å²) in [5.41, 5.74) is 0.575. The van der Waals surface area contributed by atoms with Gasteiger partial charge < -0.3 is 4.74 Å². The lowest BCUT2D eigenvalue weighted by Gasteiger charge is -2.04. The molecule has 0 radical (unpaired) electrons. The van der Waals surface area contributed by atoms with E-state index in [1.165, 1.54) is 22.9 Å². The second-order valence-electron chi connectivity index (χ2n) is 3.69. The number of para-hydroxylation sites is 1. The van der Waals surface area contributed by atoms with E-state index in [1.54, 1.807) is 20.0 Å². The molecular weight excluding hydrogens is 259 g/mol. The van der Waals surface area contributed by atoms with Crippen molar-refractivity contribution in [2.45, 2.75) is 6.92 Å². The molecule has 0 unspecified atom stereocenters. The minimum absolute atomic E-state index is 0.137. The van der Waals surface area contributed by atoms with E-state index >= 15 is 0 Å². The van der Waals surface area contributed by atoms with Gasteiger partial charge in [0.25, 0.3) is 0 Å². The molecule has 0 bridgehead atoms. The molecule has 4 nitrogen and oxygen atoms in total. The van der Waals surface area contributed by atoms with Crippen molar-refractivity contribution < 1.29 is 13.9 Å². The number of nitrogens with zero attached hydrogens (tertiary/aromatic N) is 2. The molecule has 1 aromatic heterocycles. The third-order valence-corrected chi connectivity index (χ3v) is 2.83. The normalized spacial score (nSPS) is 10.4. The minimum Gasteiger partial charge on any atom is -0.420 e. The summed E-state index contributed by atoms with van der Waals surface area (Å²) in [7, 11) is 1.61. The average Bonchev–Trinajstić information content (AvgIpc) is 2.56. The van der Waals surface area contributed by atoms with Crippen LogP contribution >= 0.6 is 11.6 Å². The Balaban J connectivity index is 2.31. The Morgan fingerprint density at radius 1 is 1.44 bits per heavy atom. The van der Waals surface area contributed by atoms with Crippen LogP contribution in [0, 0.1) is 12.7 Å². The fourth-order valence-corrected chi connectivity index (χ4v) is 1.79. The first-order valence-electron chi connectivity index (χ1n) is 5.16. The predicted molar refractivity (Wildman–Crippen MR) is 64.3 cm³/mol. The smallest absolute Gasteiger partial charge is 0.348 e. The summed E-state index contributed by atoms with van der Waals surface area (Å²) in [6.45, 7) is 1.63. The van der Waals surface area contributed by atoms with Gasteiger partial charge in [-0.25, -0.2) is 9.18 Å². The Morgan fingerprint density at radius 2 is 2.11 bits per heavy atom. The first-order chi connectivity index (χ1) is 8.50. The Morgan fingerprint density at radius 3 is 2.67 bits per heavy atom. The van der Waals surface area contributed by atoms with Crippen molar-refractivity contribution in [2.24, 2.45) is 7.05 Å². The SMILES string of the molecule is Cc1nn(C)c(Cl)c1C(=O)Oc1ccccc1F. The number of halogens is 2. The maximum absolute atomic E-state index is 13.3. The van der Waals surface area contributed by atoms with Crippen molar-refractivity contribution in [3.63, 3.8) is 0 Å². The van der Waals surface area contributed by atoms with E-state index in [0.717, 1.165) is 0 Å². The zero-order valence-corrected chi connectivity index (χ0v) is 10.5. The molecule has 0 saturated carbocycles. The number of esters is 1. The first kappa shape index (κ1) is 12.6. The van der Waals surface area contributed by atoms with Gasteiger partial charge in [-0.1, -0.05) is 23.7 Å². The van der Waals surface area contributed by atoms with E-state index in [1.807, 2.05) is 0 Å². The summed E-state index contributed by atoms with van der Waals surface area (Å²) in [6.07, 6.45) is 0. The van der Waals surface area contributed by atoms with Crippen LogP contribution in [-0.4, -0.2) is 15.7 Å². The fraction of sp³-hybridized carbons (Fsp3) is 0.167. The maximum atomic E-state index is 13.3. The van der Waals surface area contributed by atoms with Crippen molar-refractivity contribution in [3.8, 4) is 5.75 Å². The molecule has 1 heterocycles. The highest BCUT2D eigenvalue weighted by Crippen LogP contribution is 2.22. The molecule has 0 aliphatic rings. The van der Waals surface area contributed by atoms with Crippen LogP contribution in [0.5, 0.6) is 5.75 Å². The van der Waals surface area contributed by atoms with E-state index in [2.05, 4.69) is 5.10 Å². The fourth-order valence-electron chi connectivity index (χ4n) is 1.54. The standard InChI is InChI=1S/C12H10ClFN2O2/c1-7-10(11(13)16(2)15-7)12(17)18-9-6-4-3-5-8(9)14/h3-6H,1-2H3. The zero-order chi connectivity index (χ0) is 13.3. The number of rotatable bonds is 2. The van der Waals surface area contributed by atoms with E-state index in [4.69, 9.17) is 16.3 Å². The van der Waals surface area contributed by atoms with Crippen LogP contribution in [0.1, 0.15) is 16.1 Å². The van der Waals surface area contributed by atoms with Crippen molar-refractivity contribution in [1.82, 2.24) is 9.78 Å². The molecule has 0 spiro atoms. The summed E-state index contributed by atoms with van der Waals surface area (Å²) in [5.74, 6) is -1.47. The highest BCUT2D eigenvalue weighted by Gasteiger charge is 2.21. The van der Waals surface area contributed by atoms with Gasteiger partial charge in [0.05, 0.1) is 5.69 Å². The van der Waals surface area contributed by atoms with E-state index < -0.39 is 11.8 Å². The third-order valence-electron chi connectivity index (χ3n) is 2.40. The van der Waals surface area contributed by atoms with Crippen LogP contribution in [0.15, 0.2) is 24.3 Å². The molecule has 0 atom stereocenters. The van der Waals surface area contributed by atoms with Gasteiger partial charge in [-0.15, -0.1) is 0 Å². The average molecular weight is 269 g/mol. The number of hydrogen-bond donors (Lipinski definition) is 0. The van der Waals surface area contributed by atoms with Crippen LogP contribution in [0.4, 0.5) is 4.39 Å². The number of carbonyl (C=O) groups is 1. The monoisotopic (exact) mass is 268 g/mol. The Bertz CT molecular complexity index is 610. The van der Waals surface area contributed by atoms with E-state index in [0.29, 0.717) is 5.69 Å². The summed E-state index contributed by atoms with van der Waals surface area (Å²) in [6, 6.07) is 5.66. The lowest BCUT2D eigenvalue weighted by Crippen LogP contribution is -2.10. The van der Waals surface area contributed by atoms with E-state index in [9.17, 15) is 9.18 Å². The lowest BCUT2D eigenvalue weighted by atomic mass is 10.2. The van der Waals surface area contributed by atoms with Crippen LogP contribution in [0.3, 0.4) is 0 Å². The van der Waals surface area contributed by atoms with Gasteiger partial charge in [0.1, 0.15) is 10.7 Å². The topological polar surface area (TPSA) is 44.1 Å². The van der Waals surface area contributed by atoms with Gasteiger partial charge >= 0.3 is 5.97 Å². The number of aryl methyl sites for hydroxylation is 2. The molecule has 1 aromatic carbocycles. The van der Waals surface area contributed by atoms with Gasteiger partial charge in [-0.05, 0) is 19.1 Å². The van der Waals surface area contributed by atoms with Gasteiger partial charge in [-0.2, -0.15) is 5.10 Å². The molecule has 18 heavy (non-hydrogen) atoms. The first-order valence-corrected chi connectivity index (χ1v) is 5.54. The second kappa shape index (κ2) is 4.78. The Hall–Kier alpha value is -1.88. The molecule has 94 valence electrons. The molecule has 2 aromatic rings. The number of ether oxygens (including phenoxy) is 1. The Kier molecular flexibility index (Phi) is 3.34. The van der Waals surface area contributed by atoms with Crippen LogP contribution < -0.4 is 4.74 Å². The van der Waals surface area contributed by atoms with Crippen LogP contribution in [0.2, 0.25) is 5.15 Å². The molecule has 0 aliphatic heterocycles. The van der Waals surface area contributed by atoms with Crippen LogP contribution in [0.25, 0.3) is 0 Å². The van der Waals surface area contributed by atoms with Gasteiger partial charge in [0.15, 0.2) is 11.6 Å². The molecule has 0 saturated heterocycles. The Labute approximate surface area is 108 Å². The molecular formula is C12H10ClFN2O2. The lowest BCUT2D eigenvalue weighted by molar-refractivity contribution is 0.0727. The number of hydrogen-bond acceptors (Lipinski definition) is 3. The van der Waals surface area contributed by atoms with Crippen molar-refractivity contribution in [3.05, 3.63) is 46.5 Å². The number of carbonyl (C=O) groups excluding carboxylic acids is 1. The molecule has 0 aliphatic carbocycles. The third kappa shape index (κ3) is 2.22. The second-order valence-corrected chi connectivity index (χ2v) is 4.05. The highest BCUT2D eigenvalue weighted by molar-refractivity contribution is 6.32. The highest BCUT2D eigenvalue weighted by atomic mass is 35.5. The maximum Gasteiger partial charge on any atom is 0.348 e. The number of aromatic nitrogens is 2. The minimum atomic E-state index is -0.726. The van der Waals surface area contributed by atoms with Crippen molar-refractivity contribution in [1.29, 1.82) is 0 Å². The van der Waals surface area contributed by atoms with Crippen molar-refractivity contribution in [2.75, 3.05) is 0 Å². The summed E-state index contributed by atoms with van der Waals surface area (Å²) in [5, 5.41) is 4.15. The quantitative estimate of drug-likeness (QED) is 0.621. The largest absolute Gasteiger partial charge is 0.420 e. The molecule has 6 heteroatoms. The molecule has 2 rings (SSSR count). The summed E-state index contributed by atoms with van der Waals surface area (Å²) in [4.78, 5) is 11.9. The van der Waals surface area contributed by atoms with Gasteiger partial charge in [-0.3, -0.25) is 4.68 Å². The summed E-state index contributed by atoms with van der Waals surface area (Å²) >= 11 is 5.92. The van der Waals surface area contributed by atoms with Gasteiger partial charge in [0, 0.05) is 7.05 Å². The molecule has 0 amide bonds. The van der Waals surface area contributed by atoms with E-state index in [-0.39, 0.29) is 16.5 Å². The summed E-state index contributed by atoms with van der Waals surface area (Å²) < 4.78 is 19.7.